The molecule has 4 rings (SSSR count). The largest absolute Gasteiger partial charge is 0.369 e. The van der Waals surface area contributed by atoms with E-state index >= 15 is 0 Å². The normalized spacial score (nSPS) is 35.2. The first-order valence-electron chi connectivity index (χ1n) is 11.0. The number of nitrogens with zero attached hydrogens (tertiary/aromatic N) is 1. The summed E-state index contributed by atoms with van der Waals surface area (Å²) in [6.07, 6.45) is 9.02. The molecule has 0 unspecified atom stereocenters. The maximum atomic E-state index is 12.6. The minimum atomic E-state index is -0.164. The lowest BCUT2D eigenvalue weighted by molar-refractivity contribution is -0.126. The molecule has 6 nitrogen and oxygen atoms in total. The van der Waals surface area contributed by atoms with Gasteiger partial charge in [0.25, 0.3) is 0 Å². The molecule has 3 amide bonds. The number of nitrogens with one attached hydrogen (secondary N) is 2. The van der Waals surface area contributed by atoms with Crippen LogP contribution < -0.4 is 10.6 Å². The average molecular weight is 378 g/mol. The number of hydrogen-bond acceptors (Lipinski definition) is 3. The number of unbranched alkanes of at least 4 members (excludes halogenated alkanes) is 3. The first kappa shape index (κ1) is 19.0. The third kappa shape index (κ3) is 3.57. The van der Waals surface area contributed by atoms with Gasteiger partial charge in [0, 0.05) is 36.9 Å². The summed E-state index contributed by atoms with van der Waals surface area (Å²) in [4.78, 5) is 26.9. The van der Waals surface area contributed by atoms with Crippen LogP contribution in [-0.4, -0.2) is 54.7 Å². The minimum absolute atomic E-state index is 0.0515. The molecule has 0 aromatic heterocycles. The Morgan fingerprint density at radius 1 is 1.15 bits per heavy atom. The molecule has 0 radical (unpaired) electrons. The lowest BCUT2D eigenvalue weighted by Crippen LogP contribution is -2.43. The quantitative estimate of drug-likeness (QED) is 0.639. The van der Waals surface area contributed by atoms with Gasteiger partial charge in [-0.2, -0.15) is 0 Å². The van der Waals surface area contributed by atoms with Gasteiger partial charge in [0.05, 0.1) is 18.2 Å². The summed E-state index contributed by atoms with van der Waals surface area (Å²) in [5.41, 5.74) is -0.293. The van der Waals surface area contributed by atoms with E-state index in [2.05, 4.69) is 17.6 Å². The second-order valence-corrected chi connectivity index (χ2v) is 9.47. The number of carbonyl (C=O) groups excluding carboxylic acids is 2. The Balaban J connectivity index is 1.29. The highest BCUT2D eigenvalue weighted by Crippen LogP contribution is 2.54. The molecule has 27 heavy (non-hydrogen) atoms. The van der Waals surface area contributed by atoms with Crippen molar-refractivity contribution in [3.8, 4) is 0 Å². The molecular formula is C21H35N3O3. The Hall–Kier alpha value is -1.30. The molecule has 2 bridgehead atoms. The van der Waals surface area contributed by atoms with Crippen molar-refractivity contribution in [3.63, 3.8) is 0 Å². The molecule has 1 aliphatic carbocycles. The molecule has 3 saturated heterocycles. The monoisotopic (exact) mass is 377 g/mol. The third-order valence-corrected chi connectivity index (χ3v) is 7.42. The van der Waals surface area contributed by atoms with Gasteiger partial charge < -0.3 is 20.3 Å². The van der Waals surface area contributed by atoms with E-state index in [0.29, 0.717) is 24.9 Å². The van der Waals surface area contributed by atoms with Crippen molar-refractivity contribution in [2.24, 2.45) is 17.3 Å². The van der Waals surface area contributed by atoms with Gasteiger partial charge in [-0.05, 0) is 32.1 Å². The van der Waals surface area contributed by atoms with Crippen LogP contribution in [0.3, 0.4) is 0 Å². The number of amides is 3. The molecule has 152 valence electrons. The van der Waals surface area contributed by atoms with Crippen molar-refractivity contribution < 1.29 is 14.3 Å². The smallest absolute Gasteiger partial charge is 0.317 e. The van der Waals surface area contributed by atoms with Gasteiger partial charge in [0.15, 0.2) is 0 Å². The molecule has 4 atom stereocenters. The molecular weight excluding hydrogens is 342 g/mol. The van der Waals surface area contributed by atoms with Gasteiger partial charge >= 0.3 is 6.03 Å². The van der Waals surface area contributed by atoms with Crippen molar-refractivity contribution >= 4 is 11.9 Å². The molecule has 4 fully saturated rings. The third-order valence-electron chi connectivity index (χ3n) is 7.42. The van der Waals surface area contributed by atoms with Crippen LogP contribution in [0.2, 0.25) is 0 Å². The lowest BCUT2D eigenvalue weighted by Gasteiger charge is -2.29. The summed E-state index contributed by atoms with van der Waals surface area (Å²) in [7, 11) is 0. The van der Waals surface area contributed by atoms with Gasteiger partial charge in [0.1, 0.15) is 0 Å². The average Bonchev–Trinajstić information content (AvgIpc) is 3.03. The van der Waals surface area contributed by atoms with E-state index in [-0.39, 0.29) is 29.1 Å². The molecule has 6 heteroatoms. The van der Waals surface area contributed by atoms with Crippen LogP contribution in [0.5, 0.6) is 0 Å². The Morgan fingerprint density at radius 2 is 1.96 bits per heavy atom. The van der Waals surface area contributed by atoms with Crippen molar-refractivity contribution in [2.45, 2.75) is 76.9 Å². The SMILES string of the molecule is CCCCCCNC(=O)N1C[C@@H]2[C@H](CNC(=O)C3(C)CC3)[C@H]3CC[C@]2(C1)O3. The number of hydrogen-bond donors (Lipinski definition) is 2. The topological polar surface area (TPSA) is 70.7 Å². The zero-order valence-electron chi connectivity index (χ0n) is 16.9. The van der Waals surface area contributed by atoms with Crippen molar-refractivity contribution in [1.82, 2.24) is 15.5 Å². The van der Waals surface area contributed by atoms with E-state index < -0.39 is 0 Å². The van der Waals surface area contributed by atoms with E-state index in [9.17, 15) is 9.59 Å². The Morgan fingerprint density at radius 3 is 2.70 bits per heavy atom. The van der Waals surface area contributed by atoms with Crippen molar-refractivity contribution in [1.29, 1.82) is 0 Å². The Bertz CT molecular complexity index is 591. The van der Waals surface area contributed by atoms with Crippen LogP contribution in [0.15, 0.2) is 0 Å². The van der Waals surface area contributed by atoms with E-state index in [0.717, 1.165) is 45.2 Å². The second-order valence-electron chi connectivity index (χ2n) is 9.47. The lowest BCUT2D eigenvalue weighted by atomic mass is 9.73. The minimum Gasteiger partial charge on any atom is -0.369 e. The van der Waals surface area contributed by atoms with Crippen LogP contribution >= 0.6 is 0 Å². The second kappa shape index (κ2) is 7.26. The fourth-order valence-corrected chi connectivity index (χ4v) is 5.32. The highest BCUT2D eigenvalue weighted by Gasteiger charge is 2.63. The van der Waals surface area contributed by atoms with E-state index in [1.807, 2.05) is 11.8 Å². The zero-order chi connectivity index (χ0) is 19.1. The number of fused-ring (bicyclic) bond motifs is 1. The first-order valence-corrected chi connectivity index (χ1v) is 11.0. The number of carbonyl (C=O) groups is 2. The van der Waals surface area contributed by atoms with Crippen LogP contribution in [-0.2, 0) is 9.53 Å². The van der Waals surface area contributed by atoms with Gasteiger partial charge in [-0.25, -0.2) is 4.79 Å². The highest BCUT2D eigenvalue weighted by atomic mass is 16.5. The molecule has 0 aromatic carbocycles. The van der Waals surface area contributed by atoms with Gasteiger partial charge in [-0.3, -0.25) is 4.79 Å². The zero-order valence-corrected chi connectivity index (χ0v) is 16.9. The molecule has 1 spiro atoms. The summed E-state index contributed by atoms with van der Waals surface area (Å²) in [5.74, 6) is 0.890. The van der Waals surface area contributed by atoms with Crippen LogP contribution in [0.1, 0.15) is 65.2 Å². The van der Waals surface area contributed by atoms with Gasteiger partial charge in [-0.1, -0.05) is 33.1 Å². The van der Waals surface area contributed by atoms with Crippen LogP contribution in [0.4, 0.5) is 4.79 Å². The maximum Gasteiger partial charge on any atom is 0.317 e. The van der Waals surface area contributed by atoms with Gasteiger partial charge in [-0.15, -0.1) is 0 Å². The van der Waals surface area contributed by atoms with E-state index in [4.69, 9.17) is 4.74 Å². The van der Waals surface area contributed by atoms with Crippen LogP contribution in [0, 0.1) is 17.3 Å². The van der Waals surface area contributed by atoms with E-state index in [1.165, 1.54) is 19.3 Å². The molecule has 3 aliphatic heterocycles. The summed E-state index contributed by atoms with van der Waals surface area (Å²) >= 11 is 0. The first-order chi connectivity index (χ1) is 13.0. The predicted octanol–water partition coefficient (Wildman–Crippen LogP) is 2.67. The number of likely N-dealkylation sites (tertiary alicyclic amines) is 1. The van der Waals surface area contributed by atoms with Crippen molar-refractivity contribution in [2.75, 3.05) is 26.2 Å². The molecule has 0 aromatic rings. The van der Waals surface area contributed by atoms with E-state index in [1.54, 1.807) is 0 Å². The molecule has 3 heterocycles. The molecule has 2 N–H and O–H groups in total. The Labute approximate surface area is 162 Å². The predicted molar refractivity (Wildman–Crippen MR) is 103 cm³/mol. The van der Waals surface area contributed by atoms with Crippen LogP contribution in [0.25, 0.3) is 0 Å². The standard InChI is InChI=1S/C21H35N3O3/c1-3-4-5-6-11-22-19(26)24-13-16-15(12-23-18(25)20(2)9-10-20)17-7-8-21(16,14-24)27-17/h15-17H,3-14H2,1-2H3,(H,22,26)(H,23,25)/t15-,16+,17+,21+/m0/s1. The molecule has 4 aliphatic rings. The summed E-state index contributed by atoms with van der Waals surface area (Å²) in [6.45, 7) is 7.15. The number of rotatable bonds is 8. The maximum absolute atomic E-state index is 12.6. The summed E-state index contributed by atoms with van der Waals surface area (Å²) in [6, 6.07) is 0.0515. The summed E-state index contributed by atoms with van der Waals surface area (Å²) < 4.78 is 6.40. The number of urea groups is 1. The Kier molecular flexibility index (Phi) is 5.12. The van der Waals surface area contributed by atoms with Crippen molar-refractivity contribution in [3.05, 3.63) is 0 Å². The molecule has 1 saturated carbocycles. The highest BCUT2D eigenvalue weighted by molar-refractivity contribution is 5.84. The fraction of sp³-hybridized carbons (Fsp3) is 0.905. The van der Waals surface area contributed by atoms with Gasteiger partial charge in [0.2, 0.25) is 5.91 Å². The number of ether oxygens (including phenoxy) is 1. The summed E-state index contributed by atoms with van der Waals surface area (Å²) in [5, 5.41) is 6.26. The fourth-order valence-electron chi connectivity index (χ4n) is 5.32.